The molecule has 5 heteroatoms. The fourth-order valence-corrected chi connectivity index (χ4v) is 4.63. The number of anilines is 1. The summed E-state index contributed by atoms with van der Waals surface area (Å²) in [6.07, 6.45) is 8.63. The van der Waals surface area contributed by atoms with Gasteiger partial charge in [0.25, 0.3) is 5.91 Å². The van der Waals surface area contributed by atoms with E-state index in [0.29, 0.717) is 12.0 Å². The molecule has 1 heterocycles. The molecule has 1 aromatic carbocycles. The van der Waals surface area contributed by atoms with Crippen LogP contribution < -0.4 is 4.90 Å². The minimum atomic E-state index is -0.438. The van der Waals surface area contributed by atoms with E-state index < -0.39 is 5.91 Å². The van der Waals surface area contributed by atoms with Crippen molar-refractivity contribution in [1.82, 2.24) is 0 Å². The lowest BCUT2D eigenvalue weighted by Crippen LogP contribution is -2.42. The molecule has 0 spiro atoms. The summed E-state index contributed by atoms with van der Waals surface area (Å²) in [5.74, 6) is -0.618. The molecule has 0 unspecified atom stereocenters. The summed E-state index contributed by atoms with van der Waals surface area (Å²) >= 11 is 3.43. The average molecular weight is 434 g/mol. The zero-order valence-electron chi connectivity index (χ0n) is 15.9. The lowest BCUT2D eigenvalue weighted by atomic mass is 9.79. The van der Waals surface area contributed by atoms with E-state index in [9.17, 15) is 14.7 Å². The number of carbonyl (C=O) groups excluding carboxylic acids is 2. The van der Waals surface area contributed by atoms with Crippen LogP contribution in [0.15, 0.2) is 40.1 Å². The number of hydrogen-bond acceptors (Lipinski definition) is 3. The number of ketones is 1. The number of nitrogens with zero attached hydrogens (tertiary/aromatic N) is 1. The molecule has 1 aliphatic heterocycles. The summed E-state index contributed by atoms with van der Waals surface area (Å²) in [6, 6.07) is 7.18. The molecule has 1 aromatic rings. The van der Waals surface area contributed by atoms with Gasteiger partial charge in [-0.25, -0.2) is 0 Å². The number of hydrogen-bond donors (Lipinski definition) is 1. The monoisotopic (exact) mass is 433 g/mol. The normalized spacial score (nSPS) is 21.2. The van der Waals surface area contributed by atoms with E-state index in [2.05, 4.69) is 22.9 Å². The Labute approximate surface area is 169 Å². The Hall–Kier alpha value is -1.62. The number of unbranched alkanes of at least 4 members (excludes halogenated alkanes) is 2. The molecule has 146 valence electrons. The first-order valence-corrected chi connectivity index (χ1v) is 10.9. The van der Waals surface area contributed by atoms with E-state index in [1.165, 1.54) is 6.42 Å². The Morgan fingerprint density at radius 2 is 1.81 bits per heavy atom. The van der Waals surface area contributed by atoms with Crippen molar-refractivity contribution < 1.29 is 14.7 Å². The molecule has 27 heavy (non-hydrogen) atoms. The molecule has 0 saturated heterocycles. The van der Waals surface area contributed by atoms with E-state index in [0.717, 1.165) is 55.1 Å². The Morgan fingerprint density at radius 3 is 2.44 bits per heavy atom. The minimum absolute atomic E-state index is 0.0653. The number of aliphatic hydroxyl groups is 1. The SMILES string of the molecule is CCCCCC(=O)C1=C(O)C(=O)N(c2ccc(Br)cc2)[C@H]1C1CCCCC1. The largest absolute Gasteiger partial charge is 0.503 e. The molecule has 2 aliphatic rings. The highest BCUT2D eigenvalue weighted by Crippen LogP contribution is 2.41. The number of halogens is 1. The first-order chi connectivity index (χ1) is 13.0. The van der Waals surface area contributed by atoms with Crippen molar-refractivity contribution >= 4 is 33.3 Å². The van der Waals surface area contributed by atoms with Crippen LogP contribution in [0.4, 0.5) is 5.69 Å². The van der Waals surface area contributed by atoms with Crippen molar-refractivity contribution in [1.29, 1.82) is 0 Å². The average Bonchev–Trinajstić information content (AvgIpc) is 2.95. The van der Waals surface area contributed by atoms with Crippen molar-refractivity contribution in [2.45, 2.75) is 70.8 Å². The fraction of sp³-hybridized carbons (Fsp3) is 0.545. The molecular weight excluding hydrogens is 406 g/mol. The number of Topliss-reactive ketones (excluding diaryl/α,β-unsaturated/α-hetero) is 1. The predicted octanol–water partition coefficient (Wildman–Crippen LogP) is 5.71. The highest BCUT2D eigenvalue weighted by atomic mass is 79.9. The number of rotatable bonds is 7. The summed E-state index contributed by atoms with van der Waals surface area (Å²) in [4.78, 5) is 27.6. The second-order valence-electron chi connectivity index (χ2n) is 7.64. The summed E-state index contributed by atoms with van der Waals surface area (Å²) in [7, 11) is 0. The maximum Gasteiger partial charge on any atom is 0.294 e. The number of carbonyl (C=O) groups is 2. The van der Waals surface area contributed by atoms with Crippen LogP contribution in [-0.2, 0) is 9.59 Å². The molecular formula is C22H28BrNO3. The maximum absolute atomic E-state index is 13.0. The second-order valence-corrected chi connectivity index (χ2v) is 8.55. The van der Waals surface area contributed by atoms with E-state index in [4.69, 9.17) is 0 Å². The van der Waals surface area contributed by atoms with Crippen molar-refractivity contribution in [3.63, 3.8) is 0 Å². The van der Waals surface area contributed by atoms with Crippen LogP contribution in [0.5, 0.6) is 0 Å². The summed E-state index contributed by atoms with van der Waals surface area (Å²) in [6.45, 7) is 2.10. The van der Waals surface area contributed by atoms with E-state index in [1.807, 2.05) is 24.3 Å². The Balaban J connectivity index is 1.95. The Kier molecular flexibility index (Phi) is 6.74. The Morgan fingerprint density at radius 1 is 1.15 bits per heavy atom. The molecule has 1 aliphatic carbocycles. The van der Waals surface area contributed by atoms with Crippen LogP contribution in [0.3, 0.4) is 0 Å². The molecule has 4 nitrogen and oxygen atoms in total. The number of benzene rings is 1. The van der Waals surface area contributed by atoms with Gasteiger partial charge in [0.15, 0.2) is 11.5 Å². The topological polar surface area (TPSA) is 57.6 Å². The third kappa shape index (κ3) is 4.29. The zero-order chi connectivity index (χ0) is 19.4. The number of amides is 1. The van der Waals surface area contributed by atoms with Crippen molar-refractivity contribution in [3.8, 4) is 0 Å². The van der Waals surface area contributed by atoms with Gasteiger partial charge in [-0.3, -0.25) is 14.5 Å². The molecule has 1 amide bonds. The molecule has 0 radical (unpaired) electrons. The molecule has 0 bridgehead atoms. The fourth-order valence-electron chi connectivity index (χ4n) is 4.37. The van der Waals surface area contributed by atoms with E-state index in [1.54, 1.807) is 4.90 Å². The summed E-state index contributed by atoms with van der Waals surface area (Å²) in [5, 5.41) is 10.6. The van der Waals surface area contributed by atoms with Crippen molar-refractivity contribution in [3.05, 3.63) is 40.1 Å². The van der Waals surface area contributed by atoms with Gasteiger partial charge in [-0.05, 0) is 49.4 Å². The van der Waals surface area contributed by atoms with Gasteiger partial charge in [-0.15, -0.1) is 0 Å². The first-order valence-electron chi connectivity index (χ1n) is 10.1. The summed E-state index contributed by atoms with van der Waals surface area (Å²) < 4.78 is 0.931. The van der Waals surface area contributed by atoms with Gasteiger partial charge in [0.05, 0.1) is 11.6 Å². The molecule has 1 N–H and O–H groups in total. The quantitative estimate of drug-likeness (QED) is 0.560. The third-order valence-electron chi connectivity index (χ3n) is 5.76. The van der Waals surface area contributed by atoms with E-state index in [-0.39, 0.29) is 23.5 Å². The van der Waals surface area contributed by atoms with Gasteiger partial charge >= 0.3 is 0 Å². The van der Waals surface area contributed by atoms with Crippen molar-refractivity contribution in [2.75, 3.05) is 4.90 Å². The summed E-state index contributed by atoms with van der Waals surface area (Å²) in [5.41, 5.74) is 1.09. The van der Waals surface area contributed by atoms with Crippen LogP contribution in [0.25, 0.3) is 0 Å². The highest BCUT2D eigenvalue weighted by molar-refractivity contribution is 9.10. The number of aliphatic hydroxyl groups excluding tert-OH is 1. The minimum Gasteiger partial charge on any atom is -0.503 e. The van der Waals surface area contributed by atoms with Crippen LogP contribution in [0.1, 0.15) is 64.7 Å². The molecule has 1 fully saturated rings. The van der Waals surface area contributed by atoms with Crippen molar-refractivity contribution in [2.24, 2.45) is 5.92 Å². The van der Waals surface area contributed by atoms with Gasteiger partial charge in [-0.1, -0.05) is 55.0 Å². The molecule has 1 atom stereocenters. The zero-order valence-corrected chi connectivity index (χ0v) is 17.5. The Bertz CT molecular complexity index is 720. The van der Waals surface area contributed by atoms with Crippen LogP contribution in [0, 0.1) is 5.92 Å². The third-order valence-corrected chi connectivity index (χ3v) is 6.29. The first kappa shape index (κ1) is 20.1. The van der Waals surface area contributed by atoms with Gasteiger partial charge in [-0.2, -0.15) is 0 Å². The maximum atomic E-state index is 13.0. The van der Waals surface area contributed by atoms with E-state index >= 15 is 0 Å². The van der Waals surface area contributed by atoms with Gasteiger partial charge in [0.1, 0.15) is 0 Å². The van der Waals surface area contributed by atoms with Crippen LogP contribution in [0.2, 0.25) is 0 Å². The lowest BCUT2D eigenvalue weighted by molar-refractivity contribution is -0.118. The molecule has 3 rings (SSSR count). The molecule has 1 saturated carbocycles. The standard InChI is InChI=1S/C22H28BrNO3/c1-2-3-5-10-18(25)19-20(15-8-6-4-7-9-15)24(22(27)21(19)26)17-13-11-16(23)12-14-17/h11-15,20,26H,2-10H2,1H3/t20-/m0/s1. The van der Waals surface area contributed by atoms with Gasteiger partial charge in [0.2, 0.25) is 0 Å². The smallest absolute Gasteiger partial charge is 0.294 e. The van der Waals surface area contributed by atoms with Gasteiger partial charge in [0, 0.05) is 16.6 Å². The highest BCUT2D eigenvalue weighted by Gasteiger charge is 2.46. The molecule has 0 aromatic heterocycles. The van der Waals surface area contributed by atoms with Gasteiger partial charge < -0.3 is 5.11 Å². The van der Waals surface area contributed by atoms with Crippen LogP contribution in [-0.4, -0.2) is 22.8 Å². The lowest BCUT2D eigenvalue weighted by Gasteiger charge is -2.35. The van der Waals surface area contributed by atoms with Crippen LogP contribution >= 0.6 is 15.9 Å². The second kappa shape index (κ2) is 9.05. The predicted molar refractivity (Wildman–Crippen MR) is 111 cm³/mol.